The fraction of sp³-hybridized carbons (Fsp3) is 0.333. The van der Waals surface area contributed by atoms with E-state index in [1.54, 1.807) is 17.4 Å². The summed E-state index contributed by atoms with van der Waals surface area (Å²) < 4.78 is 51.7. The second-order valence-corrected chi connectivity index (χ2v) is 7.32. The first kappa shape index (κ1) is 22.8. The molecule has 3 rings (SSSR count). The molecule has 1 saturated heterocycles. The summed E-state index contributed by atoms with van der Waals surface area (Å²) in [5.41, 5.74) is -2.33. The van der Waals surface area contributed by atoms with Crippen LogP contribution in [0.5, 0.6) is 5.75 Å². The predicted octanol–water partition coefficient (Wildman–Crippen LogP) is 3.21. The van der Waals surface area contributed by atoms with Gasteiger partial charge in [0.1, 0.15) is 18.3 Å². The number of hydrogen-bond acceptors (Lipinski definition) is 5. The highest BCUT2D eigenvalue weighted by Crippen LogP contribution is 2.43. The van der Waals surface area contributed by atoms with Gasteiger partial charge in [-0.1, -0.05) is 42.5 Å². The normalized spacial score (nSPS) is 23.5. The Morgan fingerprint density at radius 3 is 2.39 bits per heavy atom. The first-order chi connectivity index (χ1) is 14.7. The van der Waals surface area contributed by atoms with Crippen LogP contribution in [0.3, 0.4) is 0 Å². The molecule has 2 aromatic rings. The molecule has 1 aliphatic rings. The topological polar surface area (TPSA) is 79.8 Å². The van der Waals surface area contributed by atoms with Crippen LogP contribution in [0.4, 0.5) is 13.2 Å². The molecule has 3 N–H and O–H groups in total. The first-order valence-corrected chi connectivity index (χ1v) is 9.87. The van der Waals surface area contributed by atoms with E-state index >= 15 is 0 Å². The maximum Gasteiger partial charge on any atom is 0.437 e. The summed E-state index contributed by atoms with van der Waals surface area (Å²) in [6.07, 6.45) is -5.19. The van der Waals surface area contributed by atoms with Crippen molar-refractivity contribution in [2.45, 2.75) is 31.5 Å². The fourth-order valence-electron chi connectivity index (χ4n) is 3.33. The molecular formula is C21H21F3N2O4S. The van der Waals surface area contributed by atoms with Crippen LogP contribution >= 0.6 is 12.2 Å². The molecule has 1 fully saturated rings. The van der Waals surface area contributed by atoms with Crippen molar-refractivity contribution in [2.75, 3.05) is 6.61 Å². The van der Waals surface area contributed by atoms with Crippen molar-refractivity contribution < 1.29 is 32.5 Å². The van der Waals surface area contributed by atoms with Gasteiger partial charge in [-0.15, -0.1) is 0 Å². The van der Waals surface area contributed by atoms with E-state index in [0.717, 1.165) is 5.56 Å². The second-order valence-electron chi connectivity index (χ2n) is 6.91. The first-order valence-electron chi connectivity index (χ1n) is 9.47. The molecule has 0 radical (unpaired) electrons. The highest BCUT2D eigenvalue weighted by Gasteiger charge is 2.66. The standard InChI is InChI=1S/C21H21F3N2O4S/c1-2-29-18(27)16-17(25-19(31)26-20(16,28)21(22,23)24)14-8-10-15(11-9-14)30-12-13-6-4-3-5-7-13/h3-11,16-17,28H,2,12H2,1H3,(H2,25,26,31)/t16-,17+,20+/m0/s1. The number of ether oxygens (including phenoxy) is 2. The van der Waals surface area contributed by atoms with Gasteiger partial charge in [0.2, 0.25) is 0 Å². The van der Waals surface area contributed by atoms with Crippen LogP contribution in [-0.4, -0.2) is 34.7 Å². The number of thiocarbonyl (C=S) groups is 1. The van der Waals surface area contributed by atoms with Gasteiger partial charge in [-0.05, 0) is 42.4 Å². The summed E-state index contributed by atoms with van der Waals surface area (Å²) in [7, 11) is 0. The van der Waals surface area contributed by atoms with E-state index in [1.165, 1.54) is 19.1 Å². The minimum atomic E-state index is -5.19. The van der Waals surface area contributed by atoms with Crippen LogP contribution in [0.2, 0.25) is 0 Å². The van der Waals surface area contributed by atoms with Crippen molar-refractivity contribution in [1.82, 2.24) is 10.6 Å². The second kappa shape index (κ2) is 9.11. The van der Waals surface area contributed by atoms with Crippen molar-refractivity contribution in [3.63, 3.8) is 0 Å². The lowest BCUT2D eigenvalue weighted by atomic mass is 9.82. The Balaban J connectivity index is 1.87. The molecule has 0 aromatic heterocycles. The highest BCUT2D eigenvalue weighted by atomic mass is 32.1. The molecule has 6 nitrogen and oxygen atoms in total. The molecule has 0 spiro atoms. The molecule has 166 valence electrons. The lowest BCUT2D eigenvalue weighted by molar-refractivity contribution is -0.292. The molecule has 0 amide bonds. The van der Waals surface area contributed by atoms with Gasteiger partial charge in [-0.3, -0.25) is 4.79 Å². The summed E-state index contributed by atoms with van der Waals surface area (Å²) in [6.45, 7) is 1.63. The zero-order valence-corrected chi connectivity index (χ0v) is 17.3. The molecule has 0 aliphatic carbocycles. The number of benzene rings is 2. The van der Waals surface area contributed by atoms with E-state index in [4.69, 9.17) is 21.7 Å². The molecule has 10 heteroatoms. The monoisotopic (exact) mass is 454 g/mol. The van der Waals surface area contributed by atoms with Gasteiger partial charge in [-0.25, -0.2) is 0 Å². The number of rotatable bonds is 6. The number of alkyl halides is 3. The van der Waals surface area contributed by atoms with Gasteiger partial charge < -0.3 is 25.2 Å². The third kappa shape index (κ3) is 4.91. The van der Waals surface area contributed by atoms with Gasteiger partial charge >= 0.3 is 12.1 Å². The van der Waals surface area contributed by atoms with Crippen LogP contribution in [0.1, 0.15) is 24.1 Å². The van der Waals surface area contributed by atoms with Crippen LogP contribution in [-0.2, 0) is 16.1 Å². The molecule has 0 bridgehead atoms. The van der Waals surface area contributed by atoms with Crippen LogP contribution in [0, 0.1) is 5.92 Å². The van der Waals surface area contributed by atoms with Crippen LogP contribution in [0.15, 0.2) is 54.6 Å². The van der Waals surface area contributed by atoms with Crippen molar-refractivity contribution in [2.24, 2.45) is 5.92 Å². The Morgan fingerprint density at radius 2 is 1.81 bits per heavy atom. The maximum atomic E-state index is 13.7. The average molecular weight is 454 g/mol. The molecular weight excluding hydrogens is 433 g/mol. The van der Waals surface area contributed by atoms with Crippen molar-refractivity contribution in [3.8, 4) is 5.75 Å². The lowest BCUT2D eigenvalue weighted by Gasteiger charge is -2.45. The number of aliphatic hydroxyl groups is 1. The van der Waals surface area contributed by atoms with Crippen molar-refractivity contribution in [1.29, 1.82) is 0 Å². The summed E-state index contributed by atoms with van der Waals surface area (Å²) >= 11 is 4.87. The Kier molecular flexibility index (Phi) is 6.71. The number of hydrogen-bond donors (Lipinski definition) is 3. The lowest BCUT2D eigenvalue weighted by Crippen LogP contribution is -2.73. The highest BCUT2D eigenvalue weighted by molar-refractivity contribution is 7.80. The van der Waals surface area contributed by atoms with Gasteiger partial charge in [0.05, 0.1) is 12.6 Å². The molecule has 0 unspecified atom stereocenters. The minimum Gasteiger partial charge on any atom is -0.489 e. The smallest absolute Gasteiger partial charge is 0.437 e. The third-order valence-electron chi connectivity index (χ3n) is 4.83. The maximum absolute atomic E-state index is 13.7. The molecule has 31 heavy (non-hydrogen) atoms. The van der Waals surface area contributed by atoms with E-state index in [0.29, 0.717) is 17.9 Å². The van der Waals surface area contributed by atoms with Crippen LogP contribution < -0.4 is 15.4 Å². The van der Waals surface area contributed by atoms with Gasteiger partial charge in [0.25, 0.3) is 5.72 Å². The quantitative estimate of drug-likeness (QED) is 0.457. The van der Waals surface area contributed by atoms with E-state index in [2.05, 4.69) is 5.32 Å². The molecule has 1 aliphatic heterocycles. The van der Waals surface area contributed by atoms with E-state index in [9.17, 15) is 23.1 Å². The van der Waals surface area contributed by atoms with E-state index in [-0.39, 0.29) is 6.61 Å². The van der Waals surface area contributed by atoms with Crippen molar-refractivity contribution >= 4 is 23.3 Å². The number of halogens is 3. The summed E-state index contributed by atoms with van der Waals surface area (Å²) in [6, 6.07) is 14.3. The molecule has 1 heterocycles. The number of carbonyl (C=O) groups excluding carboxylic acids is 1. The van der Waals surface area contributed by atoms with Gasteiger partial charge in [0.15, 0.2) is 5.11 Å². The average Bonchev–Trinajstić information content (AvgIpc) is 2.72. The van der Waals surface area contributed by atoms with Gasteiger partial charge in [0, 0.05) is 0 Å². The zero-order chi connectivity index (χ0) is 22.6. The number of esters is 1. The number of nitrogens with one attached hydrogen (secondary N) is 2. The Labute approximate surface area is 182 Å². The van der Waals surface area contributed by atoms with E-state index < -0.39 is 34.9 Å². The number of carbonyl (C=O) groups is 1. The molecule has 0 saturated carbocycles. The molecule has 3 atom stereocenters. The zero-order valence-electron chi connectivity index (χ0n) is 16.5. The largest absolute Gasteiger partial charge is 0.489 e. The summed E-state index contributed by atoms with van der Waals surface area (Å²) in [5.74, 6) is -2.75. The third-order valence-corrected chi connectivity index (χ3v) is 5.05. The van der Waals surface area contributed by atoms with Crippen LogP contribution in [0.25, 0.3) is 0 Å². The Hall–Kier alpha value is -2.85. The Morgan fingerprint density at radius 1 is 1.16 bits per heavy atom. The molecule has 2 aromatic carbocycles. The fourth-order valence-corrected chi connectivity index (χ4v) is 3.61. The van der Waals surface area contributed by atoms with E-state index in [1.807, 2.05) is 30.3 Å². The van der Waals surface area contributed by atoms with Gasteiger partial charge in [-0.2, -0.15) is 13.2 Å². The summed E-state index contributed by atoms with van der Waals surface area (Å²) in [4.78, 5) is 12.4. The summed E-state index contributed by atoms with van der Waals surface area (Å²) in [5, 5.41) is 14.4. The Bertz CT molecular complexity index is 924. The SMILES string of the molecule is CCOC(=O)[C@@H]1[C@@H](c2ccc(OCc3ccccc3)cc2)NC(=S)N[C@]1(O)C(F)(F)F. The van der Waals surface area contributed by atoms with Crippen molar-refractivity contribution in [3.05, 3.63) is 65.7 Å². The minimum absolute atomic E-state index is 0.146. The predicted molar refractivity (Wildman–Crippen MR) is 110 cm³/mol.